The van der Waals surface area contributed by atoms with E-state index in [2.05, 4.69) is 4.72 Å². The topological polar surface area (TPSA) is 102 Å². The minimum absolute atomic E-state index is 0.0315. The number of hydrogen-bond acceptors (Lipinski definition) is 5. The number of phenolic OH excluding ortho intramolecular Hbond substituents is 1. The lowest BCUT2D eigenvalue weighted by atomic mass is 10.3. The second kappa shape index (κ2) is 5.71. The Morgan fingerprint density at radius 3 is 2.57 bits per heavy atom. The van der Waals surface area contributed by atoms with Crippen LogP contribution in [0, 0.1) is 0 Å². The Labute approximate surface area is 127 Å². The minimum atomic E-state index is -3.88. The van der Waals surface area contributed by atoms with Crippen LogP contribution in [-0.2, 0) is 10.0 Å². The molecule has 2 rings (SSSR count). The van der Waals surface area contributed by atoms with Crippen molar-refractivity contribution in [3.05, 3.63) is 41.4 Å². The normalized spacial score (nSPS) is 11.1. The summed E-state index contributed by atoms with van der Waals surface area (Å²) in [7, 11) is -2.47. The summed E-state index contributed by atoms with van der Waals surface area (Å²) < 4.78 is 32.0. The van der Waals surface area contributed by atoms with Crippen molar-refractivity contribution in [1.82, 2.24) is 0 Å². The number of rotatable bonds is 4. The van der Waals surface area contributed by atoms with Gasteiger partial charge in [0.25, 0.3) is 10.0 Å². The van der Waals surface area contributed by atoms with Gasteiger partial charge in [-0.25, -0.2) is 8.42 Å². The zero-order valence-corrected chi connectivity index (χ0v) is 12.6. The molecule has 112 valence electrons. The zero-order chi connectivity index (χ0) is 15.6. The van der Waals surface area contributed by atoms with Crippen LogP contribution in [0.15, 0.2) is 41.3 Å². The smallest absolute Gasteiger partial charge is 0.262 e. The fraction of sp³-hybridized carbons (Fsp3) is 0.0769. The number of aromatic hydroxyl groups is 1. The molecule has 0 radical (unpaired) electrons. The predicted octanol–water partition coefficient (Wildman–Crippen LogP) is 2.44. The number of halogens is 1. The summed E-state index contributed by atoms with van der Waals surface area (Å²) in [4.78, 5) is -0.0835. The van der Waals surface area contributed by atoms with Gasteiger partial charge in [-0.3, -0.25) is 4.72 Å². The predicted molar refractivity (Wildman–Crippen MR) is 81.3 cm³/mol. The van der Waals surface area contributed by atoms with Crippen molar-refractivity contribution in [3.63, 3.8) is 0 Å². The number of benzene rings is 2. The first-order valence-electron chi connectivity index (χ1n) is 5.78. The first-order valence-corrected chi connectivity index (χ1v) is 7.64. The molecule has 0 aromatic heterocycles. The number of sulfonamides is 1. The lowest BCUT2D eigenvalue weighted by molar-refractivity contribution is 0.417. The third-order valence-electron chi connectivity index (χ3n) is 2.72. The molecule has 0 fully saturated rings. The Morgan fingerprint density at radius 1 is 1.24 bits per heavy atom. The maximum absolute atomic E-state index is 12.3. The van der Waals surface area contributed by atoms with Crippen LogP contribution in [-0.4, -0.2) is 20.6 Å². The van der Waals surface area contributed by atoms with Crippen molar-refractivity contribution >= 4 is 33.0 Å². The van der Waals surface area contributed by atoms with Gasteiger partial charge in [0.15, 0.2) is 0 Å². The van der Waals surface area contributed by atoms with Crippen LogP contribution in [0.25, 0.3) is 0 Å². The Hall–Kier alpha value is -2.12. The maximum atomic E-state index is 12.3. The lowest BCUT2D eigenvalue weighted by Gasteiger charge is -2.12. The molecule has 0 heterocycles. The Balaban J connectivity index is 2.41. The number of phenols is 1. The van der Waals surface area contributed by atoms with Crippen molar-refractivity contribution in [2.45, 2.75) is 4.90 Å². The summed E-state index contributed by atoms with van der Waals surface area (Å²) in [6, 6.07) is 8.17. The quantitative estimate of drug-likeness (QED) is 0.591. The molecule has 0 saturated heterocycles. The van der Waals surface area contributed by atoms with Crippen molar-refractivity contribution in [2.24, 2.45) is 0 Å². The van der Waals surface area contributed by atoms with Gasteiger partial charge < -0.3 is 15.6 Å². The van der Waals surface area contributed by atoms with Crippen molar-refractivity contribution in [3.8, 4) is 11.5 Å². The molecule has 4 N–H and O–H groups in total. The van der Waals surface area contributed by atoms with Gasteiger partial charge in [0.05, 0.1) is 23.4 Å². The molecule has 2 aromatic carbocycles. The fourth-order valence-corrected chi connectivity index (χ4v) is 2.93. The van der Waals surface area contributed by atoms with E-state index in [1.165, 1.54) is 25.3 Å². The molecular formula is C13H13ClN2O4S. The standard InChI is InChI=1S/C13H13ClN2O4S/c1-20-13-5-2-8(14)6-11(13)16-21(18,19)9-3-4-12(17)10(15)7-9/h2-7,16-17H,15H2,1H3. The van der Waals surface area contributed by atoms with E-state index in [4.69, 9.17) is 22.1 Å². The zero-order valence-electron chi connectivity index (χ0n) is 11.0. The molecule has 21 heavy (non-hydrogen) atoms. The van der Waals surface area contributed by atoms with Gasteiger partial charge in [0.1, 0.15) is 11.5 Å². The molecule has 0 amide bonds. The molecule has 0 saturated carbocycles. The molecule has 0 aliphatic heterocycles. The van der Waals surface area contributed by atoms with Crippen molar-refractivity contribution < 1.29 is 18.3 Å². The largest absolute Gasteiger partial charge is 0.506 e. The number of ether oxygens (including phenoxy) is 1. The molecule has 0 bridgehead atoms. The molecule has 0 unspecified atom stereocenters. The third-order valence-corrected chi connectivity index (χ3v) is 4.31. The van der Waals surface area contributed by atoms with E-state index in [1.54, 1.807) is 12.1 Å². The second-order valence-corrected chi connectivity index (χ2v) is 6.29. The molecule has 2 aromatic rings. The highest BCUT2D eigenvalue weighted by Crippen LogP contribution is 2.31. The van der Waals surface area contributed by atoms with Crippen LogP contribution < -0.4 is 15.2 Å². The van der Waals surface area contributed by atoms with Gasteiger partial charge in [-0.1, -0.05) is 11.6 Å². The summed E-state index contributed by atoms with van der Waals surface area (Å²) in [6.45, 7) is 0. The van der Waals surface area contributed by atoms with Crippen LogP contribution in [0.1, 0.15) is 0 Å². The fourth-order valence-electron chi connectivity index (χ4n) is 1.66. The molecular weight excluding hydrogens is 316 g/mol. The summed E-state index contributed by atoms with van der Waals surface area (Å²) in [6.07, 6.45) is 0. The van der Waals surface area contributed by atoms with Crippen LogP contribution >= 0.6 is 11.6 Å². The van der Waals surface area contributed by atoms with Crippen LogP contribution in [0.5, 0.6) is 11.5 Å². The van der Waals surface area contributed by atoms with E-state index < -0.39 is 10.0 Å². The Kier molecular flexibility index (Phi) is 4.15. The number of anilines is 2. The average Bonchev–Trinajstić information content (AvgIpc) is 2.41. The summed E-state index contributed by atoms with van der Waals surface area (Å²) >= 11 is 5.85. The second-order valence-electron chi connectivity index (χ2n) is 4.17. The number of nitrogen functional groups attached to an aromatic ring is 1. The summed E-state index contributed by atoms with van der Waals surface area (Å²) in [5.74, 6) is 0.143. The Morgan fingerprint density at radius 2 is 1.95 bits per heavy atom. The van der Waals surface area contributed by atoms with E-state index >= 15 is 0 Å². The first-order chi connectivity index (χ1) is 9.83. The molecule has 6 nitrogen and oxygen atoms in total. The van der Waals surface area contributed by atoms with Gasteiger partial charge >= 0.3 is 0 Å². The molecule has 0 atom stereocenters. The average molecular weight is 329 g/mol. The van der Waals surface area contributed by atoms with Crippen LogP contribution in [0.3, 0.4) is 0 Å². The van der Waals surface area contributed by atoms with E-state index in [0.29, 0.717) is 10.8 Å². The summed E-state index contributed by atoms with van der Waals surface area (Å²) in [5, 5.41) is 9.70. The number of nitrogens with two attached hydrogens (primary N) is 1. The van der Waals surface area contributed by atoms with Gasteiger partial charge in [-0.05, 0) is 36.4 Å². The monoisotopic (exact) mass is 328 g/mol. The molecule has 0 aliphatic rings. The Bertz CT molecular complexity index is 778. The van der Waals surface area contributed by atoms with Gasteiger partial charge in [0.2, 0.25) is 0 Å². The molecule has 0 aliphatic carbocycles. The highest BCUT2D eigenvalue weighted by Gasteiger charge is 2.18. The van der Waals surface area contributed by atoms with Crippen molar-refractivity contribution in [2.75, 3.05) is 17.6 Å². The summed E-state index contributed by atoms with van der Waals surface area (Å²) in [5.41, 5.74) is 5.68. The maximum Gasteiger partial charge on any atom is 0.262 e. The van der Waals surface area contributed by atoms with Crippen molar-refractivity contribution in [1.29, 1.82) is 0 Å². The van der Waals surface area contributed by atoms with E-state index in [9.17, 15) is 13.5 Å². The molecule has 0 spiro atoms. The highest BCUT2D eigenvalue weighted by atomic mass is 35.5. The van der Waals surface area contributed by atoms with E-state index in [-0.39, 0.29) is 22.0 Å². The number of hydrogen-bond donors (Lipinski definition) is 3. The minimum Gasteiger partial charge on any atom is -0.506 e. The van der Waals surface area contributed by atoms with E-state index in [0.717, 1.165) is 6.07 Å². The first kappa shape index (κ1) is 15.3. The van der Waals surface area contributed by atoms with Gasteiger partial charge in [-0.2, -0.15) is 0 Å². The van der Waals surface area contributed by atoms with E-state index in [1.807, 2.05) is 0 Å². The lowest BCUT2D eigenvalue weighted by Crippen LogP contribution is -2.14. The van der Waals surface area contributed by atoms with Gasteiger partial charge in [-0.15, -0.1) is 0 Å². The SMILES string of the molecule is COc1ccc(Cl)cc1NS(=O)(=O)c1ccc(O)c(N)c1. The van der Waals surface area contributed by atoms with Crippen LogP contribution in [0.2, 0.25) is 5.02 Å². The van der Waals surface area contributed by atoms with Crippen LogP contribution in [0.4, 0.5) is 11.4 Å². The van der Waals surface area contributed by atoms with Gasteiger partial charge in [0, 0.05) is 5.02 Å². The highest BCUT2D eigenvalue weighted by molar-refractivity contribution is 7.92. The molecule has 8 heteroatoms. The number of methoxy groups -OCH3 is 1. The number of nitrogens with one attached hydrogen (secondary N) is 1. The third kappa shape index (κ3) is 3.32.